The Kier molecular flexibility index (Phi) is 4.76. The third-order valence-electron chi connectivity index (χ3n) is 4.49. The molecule has 3 aromatic carbocycles. The average Bonchev–Trinajstić information content (AvgIpc) is 3.21. The number of fused-ring (bicyclic) bond motifs is 1. The number of hydrogen-bond donors (Lipinski definition) is 1. The topological polar surface area (TPSA) is 66.0 Å². The lowest BCUT2D eigenvalue weighted by molar-refractivity contribution is 0.102. The van der Waals surface area contributed by atoms with Gasteiger partial charge in [-0.25, -0.2) is 0 Å². The van der Waals surface area contributed by atoms with Crippen LogP contribution in [0.25, 0.3) is 11.1 Å². The van der Waals surface area contributed by atoms with Gasteiger partial charge in [-0.15, -0.1) is 0 Å². The van der Waals surface area contributed by atoms with Crippen molar-refractivity contribution in [3.8, 4) is 34.1 Å². The van der Waals surface area contributed by atoms with E-state index in [2.05, 4.69) is 5.32 Å². The predicted octanol–water partition coefficient (Wildman–Crippen LogP) is 4.35. The molecule has 0 atom stereocenters. The lowest BCUT2D eigenvalue weighted by Crippen LogP contribution is -2.11. The van der Waals surface area contributed by atoms with Gasteiger partial charge in [0.05, 0.1) is 14.2 Å². The number of rotatable bonds is 5. The first kappa shape index (κ1) is 17.7. The summed E-state index contributed by atoms with van der Waals surface area (Å²) in [7, 11) is 3.25. The van der Waals surface area contributed by atoms with Crippen molar-refractivity contribution in [3.63, 3.8) is 0 Å². The minimum absolute atomic E-state index is 0.171. The first-order chi connectivity index (χ1) is 13.7. The van der Waals surface area contributed by atoms with Gasteiger partial charge in [0.1, 0.15) is 11.5 Å². The number of benzene rings is 3. The molecule has 0 aromatic heterocycles. The van der Waals surface area contributed by atoms with Gasteiger partial charge in [0.25, 0.3) is 5.91 Å². The van der Waals surface area contributed by atoms with E-state index in [0.29, 0.717) is 28.5 Å². The van der Waals surface area contributed by atoms with Crippen molar-refractivity contribution in [2.45, 2.75) is 0 Å². The molecule has 6 nitrogen and oxygen atoms in total. The molecule has 0 aliphatic carbocycles. The maximum atomic E-state index is 12.6. The van der Waals surface area contributed by atoms with E-state index in [4.69, 9.17) is 18.9 Å². The monoisotopic (exact) mass is 377 g/mol. The van der Waals surface area contributed by atoms with Gasteiger partial charge in [0, 0.05) is 16.8 Å². The first-order valence-electron chi connectivity index (χ1n) is 8.71. The predicted molar refractivity (Wildman–Crippen MR) is 106 cm³/mol. The molecule has 1 amide bonds. The van der Waals surface area contributed by atoms with E-state index in [1.807, 2.05) is 36.4 Å². The Labute approximate surface area is 162 Å². The third kappa shape index (κ3) is 3.44. The zero-order chi connectivity index (χ0) is 19.5. The van der Waals surface area contributed by atoms with E-state index in [9.17, 15) is 4.79 Å². The Bertz CT molecular complexity index is 1010. The summed E-state index contributed by atoms with van der Waals surface area (Å²) in [6.45, 7) is 0.171. The van der Waals surface area contributed by atoms with E-state index in [1.165, 1.54) is 0 Å². The number of carbonyl (C=O) groups excluding carboxylic acids is 1. The fourth-order valence-electron chi connectivity index (χ4n) is 3.02. The SMILES string of the molecule is COc1ccc(-c2cc(NC(=O)c3ccc4c(c3)OCO4)ccc2OC)cc1. The average molecular weight is 377 g/mol. The minimum Gasteiger partial charge on any atom is -0.497 e. The van der Waals surface area contributed by atoms with Gasteiger partial charge in [0.15, 0.2) is 11.5 Å². The summed E-state index contributed by atoms with van der Waals surface area (Å²) in [5.41, 5.74) is 2.98. The van der Waals surface area contributed by atoms with E-state index in [0.717, 1.165) is 16.9 Å². The van der Waals surface area contributed by atoms with Crippen LogP contribution in [0.3, 0.4) is 0 Å². The van der Waals surface area contributed by atoms with Gasteiger partial charge in [-0.05, 0) is 54.1 Å². The maximum absolute atomic E-state index is 12.6. The third-order valence-corrected chi connectivity index (χ3v) is 4.49. The van der Waals surface area contributed by atoms with Crippen molar-refractivity contribution in [1.82, 2.24) is 0 Å². The molecular formula is C22H19NO5. The number of anilines is 1. The normalized spacial score (nSPS) is 11.8. The highest BCUT2D eigenvalue weighted by Crippen LogP contribution is 2.35. The highest BCUT2D eigenvalue weighted by molar-refractivity contribution is 6.05. The number of amides is 1. The van der Waals surface area contributed by atoms with Crippen molar-refractivity contribution in [3.05, 3.63) is 66.2 Å². The highest BCUT2D eigenvalue weighted by Gasteiger charge is 2.17. The van der Waals surface area contributed by atoms with Crippen LogP contribution in [0, 0.1) is 0 Å². The minimum atomic E-state index is -0.232. The van der Waals surface area contributed by atoms with Crippen LogP contribution in [0.5, 0.6) is 23.0 Å². The van der Waals surface area contributed by atoms with Gasteiger partial charge in [-0.2, -0.15) is 0 Å². The van der Waals surface area contributed by atoms with Gasteiger partial charge in [-0.3, -0.25) is 4.79 Å². The van der Waals surface area contributed by atoms with Crippen LogP contribution in [0.15, 0.2) is 60.7 Å². The van der Waals surface area contributed by atoms with Gasteiger partial charge < -0.3 is 24.3 Å². The smallest absolute Gasteiger partial charge is 0.255 e. The molecule has 28 heavy (non-hydrogen) atoms. The van der Waals surface area contributed by atoms with Crippen molar-refractivity contribution in [2.75, 3.05) is 26.3 Å². The van der Waals surface area contributed by atoms with Crippen LogP contribution in [0.4, 0.5) is 5.69 Å². The molecule has 0 radical (unpaired) electrons. The second-order valence-corrected chi connectivity index (χ2v) is 6.17. The first-order valence-corrected chi connectivity index (χ1v) is 8.71. The van der Waals surface area contributed by atoms with Crippen LogP contribution in [0.2, 0.25) is 0 Å². The van der Waals surface area contributed by atoms with Crippen molar-refractivity contribution in [1.29, 1.82) is 0 Å². The van der Waals surface area contributed by atoms with Crippen molar-refractivity contribution in [2.24, 2.45) is 0 Å². The van der Waals surface area contributed by atoms with Crippen LogP contribution in [0.1, 0.15) is 10.4 Å². The summed E-state index contributed by atoms with van der Waals surface area (Å²) < 4.78 is 21.3. The van der Waals surface area contributed by atoms with Gasteiger partial charge in [-0.1, -0.05) is 12.1 Å². The largest absolute Gasteiger partial charge is 0.497 e. The number of ether oxygens (including phenoxy) is 4. The number of carbonyl (C=O) groups is 1. The quantitative estimate of drug-likeness (QED) is 0.716. The fourth-order valence-corrected chi connectivity index (χ4v) is 3.02. The zero-order valence-corrected chi connectivity index (χ0v) is 15.5. The summed E-state index contributed by atoms with van der Waals surface area (Å²) in [6, 6.07) is 18.3. The molecule has 0 saturated heterocycles. The number of nitrogens with one attached hydrogen (secondary N) is 1. The van der Waals surface area contributed by atoms with Crippen LogP contribution >= 0.6 is 0 Å². The molecule has 6 heteroatoms. The fraction of sp³-hybridized carbons (Fsp3) is 0.136. The van der Waals surface area contributed by atoms with Gasteiger partial charge in [0.2, 0.25) is 6.79 Å². The Balaban J connectivity index is 1.60. The molecule has 1 heterocycles. The molecule has 1 aliphatic heterocycles. The summed E-state index contributed by atoms with van der Waals surface area (Å²) >= 11 is 0. The molecule has 0 spiro atoms. The van der Waals surface area contributed by atoms with Crippen LogP contribution in [-0.2, 0) is 0 Å². The van der Waals surface area contributed by atoms with Crippen molar-refractivity contribution < 1.29 is 23.7 Å². The molecule has 3 aromatic rings. The summed E-state index contributed by atoms with van der Waals surface area (Å²) in [5.74, 6) is 2.47. The molecule has 142 valence electrons. The Hall–Kier alpha value is -3.67. The lowest BCUT2D eigenvalue weighted by atomic mass is 10.0. The summed E-state index contributed by atoms with van der Waals surface area (Å²) in [6.07, 6.45) is 0. The molecule has 0 saturated carbocycles. The molecule has 1 aliphatic rings. The van der Waals surface area contributed by atoms with E-state index < -0.39 is 0 Å². The van der Waals surface area contributed by atoms with Crippen LogP contribution < -0.4 is 24.3 Å². The molecule has 0 unspecified atom stereocenters. The maximum Gasteiger partial charge on any atom is 0.255 e. The standard InChI is InChI=1S/C22H19NO5/c1-25-17-7-3-14(4-8-17)18-12-16(6-10-19(18)26-2)23-22(24)15-5-9-20-21(11-15)28-13-27-20/h3-12H,13H2,1-2H3,(H,23,24). The zero-order valence-electron chi connectivity index (χ0n) is 15.5. The number of methoxy groups -OCH3 is 2. The molecular weight excluding hydrogens is 358 g/mol. The number of hydrogen-bond acceptors (Lipinski definition) is 5. The lowest BCUT2D eigenvalue weighted by Gasteiger charge is -2.13. The second-order valence-electron chi connectivity index (χ2n) is 6.17. The summed E-state index contributed by atoms with van der Waals surface area (Å²) in [5, 5.41) is 2.92. The van der Waals surface area contributed by atoms with Crippen LogP contribution in [-0.4, -0.2) is 26.9 Å². The molecule has 1 N–H and O–H groups in total. The van der Waals surface area contributed by atoms with E-state index >= 15 is 0 Å². The molecule has 0 bridgehead atoms. The Morgan fingerprint density at radius 1 is 0.893 bits per heavy atom. The van der Waals surface area contributed by atoms with E-state index in [1.54, 1.807) is 38.5 Å². The second kappa shape index (κ2) is 7.52. The molecule has 0 fully saturated rings. The van der Waals surface area contributed by atoms with E-state index in [-0.39, 0.29) is 12.7 Å². The molecule has 4 rings (SSSR count). The van der Waals surface area contributed by atoms with Crippen molar-refractivity contribution >= 4 is 11.6 Å². The highest BCUT2D eigenvalue weighted by atomic mass is 16.7. The Morgan fingerprint density at radius 2 is 1.68 bits per heavy atom. The Morgan fingerprint density at radius 3 is 2.43 bits per heavy atom. The summed E-state index contributed by atoms with van der Waals surface area (Å²) in [4.78, 5) is 12.6. The van der Waals surface area contributed by atoms with Gasteiger partial charge >= 0.3 is 0 Å².